The van der Waals surface area contributed by atoms with Gasteiger partial charge in [-0.15, -0.1) is 0 Å². The molecule has 3 saturated carbocycles. The number of aliphatic hydroxyl groups is 4. The Labute approximate surface area is 817 Å². The van der Waals surface area contributed by atoms with Gasteiger partial charge in [0.05, 0.1) is 101 Å². The molecule has 1 aliphatic heterocycles. The summed E-state index contributed by atoms with van der Waals surface area (Å²) < 4.78 is 133. The number of pyridine rings is 3. The average molecular weight is 2050 g/mol. The van der Waals surface area contributed by atoms with Gasteiger partial charge in [0.1, 0.15) is 40.3 Å². The van der Waals surface area contributed by atoms with Crippen LogP contribution in [0.15, 0.2) is 223 Å². The van der Waals surface area contributed by atoms with Crippen molar-refractivity contribution in [2.75, 3.05) is 57.5 Å². The molecule has 18 rings (SSSR count). The summed E-state index contributed by atoms with van der Waals surface area (Å²) in [5.41, 5.74) is 8.92. The van der Waals surface area contributed by atoms with E-state index in [1.165, 1.54) is 70.8 Å². The van der Waals surface area contributed by atoms with Crippen molar-refractivity contribution < 1.29 is 98.5 Å². The van der Waals surface area contributed by atoms with E-state index in [0.29, 0.717) is 153 Å². The number of methoxy groups -OCH3 is 3. The monoisotopic (exact) mass is 2040 g/mol. The molecule has 28 nitrogen and oxygen atoms in total. The number of carboxylic acid groups (broad SMARTS) is 2. The predicted molar refractivity (Wildman–Crippen MR) is 538 cm³/mol. The summed E-state index contributed by atoms with van der Waals surface area (Å²) in [6.07, 6.45) is 16.3. The van der Waals surface area contributed by atoms with E-state index in [0.717, 1.165) is 42.9 Å². The zero-order chi connectivity index (χ0) is 99.3. The third-order valence-corrected chi connectivity index (χ3v) is 30.1. The fraction of sp³-hybridized carbons (Fsp3) is 0.308. The molecule has 3 aliphatic carbocycles. The number of nitrogens with one attached hydrogen (secondary N) is 4. The van der Waals surface area contributed by atoms with Crippen LogP contribution in [-0.2, 0) is 29.4 Å². The number of carbonyl (C=O) groups excluding carboxylic acids is 1. The molecule has 7 heterocycles. The Hall–Kier alpha value is -12.7. The molecule has 14 aromatic rings. The average Bonchev–Trinajstić information content (AvgIpc) is 1.59. The van der Waals surface area contributed by atoms with Crippen LogP contribution in [0.3, 0.4) is 0 Å². The van der Waals surface area contributed by atoms with E-state index >= 15 is 8.78 Å². The van der Waals surface area contributed by atoms with Crippen LogP contribution in [0.1, 0.15) is 147 Å². The van der Waals surface area contributed by atoms with Crippen LogP contribution in [0.25, 0.3) is 88.7 Å². The molecule has 726 valence electrons. The minimum Gasteiger partial charge on any atom is -0.496 e. The number of aromatic amines is 1. The van der Waals surface area contributed by atoms with Gasteiger partial charge in [-0.25, -0.2) is 62.5 Å². The topological polar surface area (TPSA) is 391 Å². The zero-order valence-electron chi connectivity index (χ0n) is 78.2. The van der Waals surface area contributed by atoms with E-state index in [-0.39, 0.29) is 98.2 Å². The molecule has 0 unspecified atom stereocenters. The first-order valence-corrected chi connectivity index (χ1v) is 49.6. The number of fused-ring (bicyclic) bond motifs is 3. The standard InChI is InChI=1S/C34H32FN3O6S.C30H33FN4O4.C27H29BN2O5S.C13H15FINO3/c1-20-7-13-25(14-8-20)45(42,43)38-19-29(26-5-3-4-6-31(26)44-2)27-16-22(18-36-33(27)38)21-15-28(34(40)41)32(30(35)17-21)37-23-9-11-24(39)12-10-23;1-35(11-12-36)30(38)24-13-18(15-26(31)28(24)34-20-7-9-21(37)10-8-20)19-14-23-25(17-33-29(23)32-16-19)22-5-3-4-6-27(22)39-2;1-18-11-13-20(14-12-18)36(31,32)30-17-23(21-9-7-8-10-24(21)33-6)22-15-19(16-29-25(22)30)28-34-26(2,3)27(4,5)35-28;14-11-6-7(15)5-10(13(18)19)12(11)16-8-1-3-9(17)4-2-8/h3-8,13-19,23-24,37,39H,9-12H2,1-2H3,(H,40,41);3-6,13-17,20-21,34,36-37H,7-12H2,1-2H3,(H,32,33);7-17H,1-6H3;5-6,8-9,16-17H,1-4H2,(H,18,19). The Morgan fingerprint density at radius 1 is 0.489 bits per heavy atom. The van der Waals surface area contributed by atoms with Crippen molar-refractivity contribution in [2.45, 2.75) is 176 Å². The first kappa shape index (κ1) is 101. The van der Waals surface area contributed by atoms with Crippen LogP contribution in [0.4, 0.5) is 30.2 Å². The number of aryl methyl sites for hydroxylation is 2. The lowest BCUT2D eigenvalue weighted by Crippen LogP contribution is -2.41. The number of ether oxygens (including phenoxy) is 3. The number of benzene rings is 8. The molecular weight excluding hydrogens is 1940 g/mol. The molecule has 0 radical (unpaired) electrons. The molecule has 8 aromatic carbocycles. The van der Waals surface area contributed by atoms with Crippen LogP contribution in [0.2, 0.25) is 0 Å². The van der Waals surface area contributed by atoms with Crippen molar-refractivity contribution in [1.82, 2.24) is 32.8 Å². The smallest absolute Gasteiger partial charge is 0.496 e. The van der Waals surface area contributed by atoms with Gasteiger partial charge in [0.25, 0.3) is 26.0 Å². The van der Waals surface area contributed by atoms with Crippen molar-refractivity contribution in [2.24, 2.45) is 0 Å². The number of carbonyl (C=O) groups is 3. The second-order valence-electron chi connectivity index (χ2n) is 36.1. The van der Waals surface area contributed by atoms with Gasteiger partial charge in [0.2, 0.25) is 0 Å². The Bertz CT molecular complexity index is 7130. The number of aromatic carboxylic acids is 2. The van der Waals surface area contributed by atoms with Crippen molar-refractivity contribution >= 4 is 123 Å². The van der Waals surface area contributed by atoms with Gasteiger partial charge in [-0.3, -0.25) is 4.79 Å². The summed E-state index contributed by atoms with van der Waals surface area (Å²) in [7, 11) is -2.29. The van der Waals surface area contributed by atoms with Crippen molar-refractivity contribution in [1.29, 1.82) is 0 Å². The Morgan fingerprint density at radius 2 is 0.863 bits per heavy atom. The normalized spacial score (nSPS) is 17.9. The van der Waals surface area contributed by atoms with Crippen molar-refractivity contribution in [3.8, 4) is 72.9 Å². The number of H-pyrrole nitrogens is 1. The maximum Gasteiger partial charge on any atom is 0.496 e. The lowest BCUT2D eigenvalue weighted by Gasteiger charge is -2.32. The summed E-state index contributed by atoms with van der Waals surface area (Å²) in [5, 5.41) is 68.9. The van der Waals surface area contributed by atoms with E-state index in [9.17, 15) is 61.1 Å². The summed E-state index contributed by atoms with van der Waals surface area (Å²) >= 11 is 1.89. The van der Waals surface area contributed by atoms with Gasteiger partial charge in [-0.2, -0.15) is 0 Å². The zero-order valence-corrected chi connectivity index (χ0v) is 82.0. The largest absolute Gasteiger partial charge is 0.496 e. The number of aromatic nitrogens is 6. The van der Waals surface area contributed by atoms with Gasteiger partial charge in [0, 0.05) is 139 Å². The van der Waals surface area contributed by atoms with E-state index in [4.69, 9.17) is 28.6 Å². The molecule has 1 saturated heterocycles. The van der Waals surface area contributed by atoms with Crippen LogP contribution in [0.5, 0.6) is 17.2 Å². The second kappa shape index (κ2) is 42.5. The number of carboxylic acids is 2. The van der Waals surface area contributed by atoms with Crippen LogP contribution >= 0.6 is 22.6 Å². The Morgan fingerprint density at radius 3 is 1.29 bits per heavy atom. The third kappa shape index (κ3) is 22.0. The Kier molecular flexibility index (Phi) is 30.8. The van der Waals surface area contributed by atoms with Crippen LogP contribution in [0, 0.1) is 34.9 Å². The lowest BCUT2D eigenvalue weighted by molar-refractivity contribution is 0.00578. The minimum atomic E-state index is -4.06. The molecule has 0 atom stereocenters. The number of halogens is 4. The molecule has 0 spiro atoms. The highest BCUT2D eigenvalue weighted by atomic mass is 127. The number of likely N-dealkylation sites (N-methyl/N-ethyl adjacent to an activating group) is 1. The highest BCUT2D eigenvalue weighted by molar-refractivity contribution is 14.1. The van der Waals surface area contributed by atoms with Gasteiger partial charge in [0.15, 0.2) is 11.3 Å². The minimum absolute atomic E-state index is 0.0102. The molecule has 1 amide bonds. The van der Waals surface area contributed by atoms with Crippen molar-refractivity contribution in [3.05, 3.63) is 262 Å². The van der Waals surface area contributed by atoms with Gasteiger partial charge < -0.3 is 80.0 Å². The number of aliphatic hydroxyl groups excluding tert-OH is 4. The van der Waals surface area contributed by atoms with E-state index in [1.54, 1.807) is 113 Å². The molecule has 139 heavy (non-hydrogen) atoms. The molecule has 6 aromatic heterocycles. The molecule has 10 N–H and O–H groups in total. The second-order valence-corrected chi connectivity index (χ2v) is 41.0. The molecule has 0 bridgehead atoms. The summed E-state index contributed by atoms with van der Waals surface area (Å²) in [5.74, 6) is -2.79. The van der Waals surface area contributed by atoms with E-state index < -0.39 is 79.8 Å². The number of para-hydroxylation sites is 3. The van der Waals surface area contributed by atoms with E-state index in [2.05, 4.69) is 35.9 Å². The van der Waals surface area contributed by atoms with E-state index in [1.807, 2.05) is 131 Å². The van der Waals surface area contributed by atoms with Gasteiger partial charge in [-0.1, -0.05) is 90.0 Å². The first-order chi connectivity index (χ1) is 66.4. The number of amides is 1. The van der Waals surface area contributed by atoms with Crippen molar-refractivity contribution in [3.63, 3.8) is 0 Å². The number of hydrogen-bond donors (Lipinski definition) is 10. The number of hydrogen-bond acceptors (Lipinski definition) is 22. The number of nitrogens with zero attached hydrogens (tertiary/aromatic N) is 6. The van der Waals surface area contributed by atoms with Crippen LogP contribution < -0.4 is 35.6 Å². The first-order valence-electron chi connectivity index (χ1n) is 45.6. The highest BCUT2D eigenvalue weighted by Crippen LogP contribution is 2.45. The fourth-order valence-corrected chi connectivity index (χ4v) is 20.9. The molecule has 4 aliphatic rings. The quantitative estimate of drug-likeness (QED) is 0.0198. The Balaban J connectivity index is 0.000000145. The van der Waals surface area contributed by atoms with Gasteiger partial charge >= 0.3 is 19.1 Å². The lowest BCUT2D eigenvalue weighted by atomic mass is 9.79. The summed E-state index contributed by atoms with van der Waals surface area (Å²) in [6, 6.07) is 49.5. The summed E-state index contributed by atoms with van der Waals surface area (Å²) in [6.45, 7) is 11.7. The van der Waals surface area contributed by atoms with Gasteiger partial charge in [-0.05, 0) is 249 Å². The third-order valence-electron chi connectivity index (χ3n) is 26.2. The predicted octanol–water partition coefficient (Wildman–Crippen LogP) is 18.7. The molecule has 4 fully saturated rings. The SMILES string of the molecule is COc1ccccc1-c1c[nH]c2ncc(-c3cc(F)c(NC4CCC(O)CC4)c(C(=O)N(C)CCO)c3)cc12.COc1ccccc1-c1cn(S(=O)(=O)c2ccc(C)cc2)c2ncc(-c3cc(F)c(NC4CCC(O)CC4)c(C(=O)O)c3)cc12.COc1ccccc1-c1cn(S(=O)(=O)c2ccc(C)cc2)c2ncc(B3OC(C)(C)C(C)(C)O3)cc12.O=C(O)c1cc(I)cc(F)c1NC1CCC(O)CC1. The highest BCUT2D eigenvalue weighted by Gasteiger charge is 2.52. The van der Waals surface area contributed by atoms with Crippen LogP contribution in [-0.4, -0.2) is 194 Å². The molecule has 35 heteroatoms. The number of anilines is 3. The number of rotatable bonds is 24. The molecular formula is C104H109BF3IN10O18S2. The maximum atomic E-state index is 15.8. The summed E-state index contributed by atoms with van der Waals surface area (Å²) in [4.78, 5) is 55.4. The fourth-order valence-electron chi connectivity index (χ4n) is 17.7. The maximum absolute atomic E-state index is 15.8.